The Bertz CT molecular complexity index is 2120. The topological polar surface area (TPSA) is 132 Å². The van der Waals surface area contributed by atoms with Crippen molar-refractivity contribution in [2.24, 2.45) is 5.10 Å². The number of hydrazone groups is 1. The van der Waals surface area contributed by atoms with Crippen molar-refractivity contribution in [2.45, 2.75) is 84.1 Å². The summed E-state index contributed by atoms with van der Waals surface area (Å²) < 4.78 is 40.9. The maximum absolute atomic E-state index is 15.4. The maximum atomic E-state index is 15.4. The van der Waals surface area contributed by atoms with Gasteiger partial charge in [-0.2, -0.15) is 10.4 Å². The zero-order valence-corrected chi connectivity index (χ0v) is 32.5. The number of thiazole rings is 1. The first-order chi connectivity index (χ1) is 26.0. The van der Waals surface area contributed by atoms with Crippen LogP contribution < -0.4 is 4.74 Å². The number of carbonyl (C=O) groups excluding carboxylic acids is 2. The average Bonchev–Trinajstić information content (AvgIpc) is 3.91. The molecule has 2 aliphatic heterocycles. The Kier molecular flexibility index (Phi) is 11.3. The molecule has 0 bridgehead atoms. The lowest BCUT2D eigenvalue weighted by Crippen LogP contribution is -2.44. The van der Waals surface area contributed by atoms with E-state index in [9.17, 15) is 19.1 Å². The summed E-state index contributed by atoms with van der Waals surface area (Å²) in [6, 6.07) is 15.3. The quantitative estimate of drug-likeness (QED) is 0.128. The molecule has 0 radical (unpaired) electrons. The Balaban J connectivity index is 1.14. The lowest BCUT2D eigenvalue weighted by Gasteiger charge is -2.36. The molecule has 1 amide bonds. The number of nitriles is 1. The third kappa shape index (κ3) is 8.79. The minimum Gasteiger partial charge on any atom is -0.444 e. The number of carbonyl (C=O) groups is 2. The van der Waals surface area contributed by atoms with Gasteiger partial charge in [0, 0.05) is 41.6 Å². The largest absolute Gasteiger partial charge is 0.444 e. The Hall–Kier alpha value is -5.39. The van der Waals surface area contributed by atoms with Crippen LogP contribution in [0.2, 0.25) is 0 Å². The Morgan fingerprint density at radius 3 is 2.45 bits per heavy atom. The standard InChI is InChI=1S/C41H44F2N6O5S/c1-25-16-29(17-26(2)36(25)53-38(50)35-8-7-15-49(35)39(51)54-40(4,5)6)20-47-23-45-48(24-47)22-41(52,32-14-13-31(42)18-33(32)43)27(3)37-46-34(21-55-37)30-11-9-28(19-44)10-12-30/h9-14,16-18,21,23,27,35,52H,7-8,15,20,22,24H2,1-6H3/t27-,35-,41+/m0/s1. The van der Waals surface area contributed by atoms with E-state index < -0.39 is 46.9 Å². The molecule has 1 N–H and O–H groups in total. The summed E-state index contributed by atoms with van der Waals surface area (Å²) in [4.78, 5) is 34.2. The number of likely N-dealkylation sites (tertiary alicyclic amines) is 1. The lowest BCUT2D eigenvalue weighted by molar-refractivity contribution is -0.139. The first-order valence-corrected chi connectivity index (χ1v) is 18.9. The van der Waals surface area contributed by atoms with E-state index in [0.717, 1.165) is 34.4 Å². The van der Waals surface area contributed by atoms with Crippen molar-refractivity contribution < 1.29 is 33.0 Å². The third-order valence-electron chi connectivity index (χ3n) is 9.72. The van der Waals surface area contributed by atoms with Crippen molar-refractivity contribution in [3.8, 4) is 23.1 Å². The molecule has 3 atom stereocenters. The van der Waals surface area contributed by atoms with E-state index >= 15 is 4.39 Å². The van der Waals surface area contributed by atoms with Crippen LogP contribution >= 0.6 is 11.3 Å². The summed E-state index contributed by atoms with van der Waals surface area (Å²) in [6.07, 6.45) is 2.27. The molecule has 0 unspecified atom stereocenters. The van der Waals surface area contributed by atoms with Gasteiger partial charge < -0.3 is 19.5 Å². The minimum absolute atomic E-state index is 0.0756. The molecule has 55 heavy (non-hydrogen) atoms. The fourth-order valence-electron chi connectivity index (χ4n) is 6.97. The van der Waals surface area contributed by atoms with Gasteiger partial charge in [-0.3, -0.25) is 9.91 Å². The summed E-state index contributed by atoms with van der Waals surface area (Å²) in [6.45, 7) is 11.8. The summed E-state index contributed by atoms with van der Waals surface area (Å²) >= 11 is 1.32. The highest BCUT2D eigenvalue weighted by Gasteiger charge is 2.43. The molecule has 6 rings (SSSR count). The van der Waals surface area contributed by atoms with Gasteiger partial charge in [-0.1, -0.05) is 37.3 Å². The van der Waals surface area contributed by atoms with Crippen LogP contribution in [-0.2, 0) is 21.7 Å². The molecule has 0 saturated carbocycles. The predicted octanol–water partition coefficient (Wildman–Crippen LogP) is 7.59. The van der Waals surface area contributed by atoms with Crippen molar-refractivity contribution >= 4 is 29.7 Å². The summed E-state index contributed by atoms with van der Waals surface area (Å²) in [5.74, 6) is -2.43. The Morgan fingerprint density at radius 1 is 1.09 bits per heavy atom. The van der Waals surface area contributed by atoms with Crippen molar-refractivity contribution in [1.29, 1.82) is 5.26 Å². The van der Waals surface area contributed by atoms with E-state index in [2.05, 4.69) is 11.2 Å². The summed E-state index contributed by atoms with van der Waals surface area (Å²) in [5, 5.41) is 30.1. The van der Waals surface area contributed by atoms with Crippen LogP contribution in [0, 0.1) is 36.8 Å². The highest BCUT2D eigenvalue weighted by Crippen LogP contribution is 2.41. The molecule has 288 valence electrons. The van der Waals surface area contributed by atoms with Crippen LogP contribution in [0.5, 0.6) is 5.75 Å². The normalized spacial score (nSPS) is 17.2. The molecule has 3 aromatic carbocycles. The third-order valence-corrected chi connectivity index (χ3v) is 10.8. The highest BCUT2D eigenvalue weighted by atomic mass is 32.1. The number of halogens is 2. The lowest BCUT2D eigenvalue weighted by atomic mass is 9.81. The van der Waals surface area contributed by atoms with E-state index in [4.69, 9.17) is 19.7 Å². The number of hydrogen-bond donors (Lipinski definition) is 1. The SMILES string of the molecule is Cc1cc(CN2C=NN(C[C@](O)(c3ccc(F)cc3F)[C@@H](C)c3nc(-c4ccc(C#N)cc4)cs3)C2)cc(C)c1OC(=O)[C@@H]1CCCN1C(=O)OC(C)(C)C. The monoisotopic (exact) mass is 770 g/mol. The van der Waals surface area contributed by atoms with E-state index in [1.165, 1.54) is 22.3 Å². The fourth-order valence-corrected chi connectivity index (χ4v) is 7.94. The first kappa shape index (κ1) is 39.3. The molecule has 1 fully saturated rings. The molecule has 0 aliphatic carbocycles. The molecule has 11 nitrogen and oxygen atoms in total. The van der Waals surface area contributed by atoms with E-state index in [1.807, 2.05) is 36.3 Å². The zero-order valence-electron chi connectivity index (χ0n) is 31.7. The van der Waals surface area contributed by atoms with Gasteiger partial charge in [-0.05, 0) is 82.3 Å². The molecule has 3 heterocycles. The Labute approximate surface area is 323 Å². The van der Waals surface area contributed by atoms with Crippen LogP contribution in [0.4, 0.5) is 13.6 Å². The number of aromatic nitrogens is 1. The fraction of sp³-hybridized carbons (Fsp3) is 0.390. The van der Waals surface area contributed by atoms with Gasteiger partial charge in [-0.15, -0.1) is 11.3 Å². The van der Waals surface area contributed by atoms with E-state index in [-0.39, 0.29) is 18.8 Å². The number of esters is 1. The van der Waals surface area contributed by atoms with Crippen LogP contribution in [0.25, 0.3) is 11.3 Å². The van der Waals surface area contributed by atoms with E-state index in [1.54, 1.807) is 63.3 Å². The van der Waals surface area contributed by atoms with Crippen LogP contribution in [-0.4, -0.2) is 74.7 Å². The van der Waals surface area contributed by atoms with Crippen molar-refractivity contribution in [2.75, 3.05) is 19.8 Å². The van der Waals surface area contributed by atoms with Gasteiger partial charge in [-0.25, -0.2) is 23.4 Å². The van der Waals surface area contributed by atoms with Gasteiger partial charge in [0.15, 0.2) is 0 Å². The first-order valence-electron chi connectivity index (χ1n) is 18.0. The van der Waals surface area contributed by atoms with Gasteiger partial charge in [0.1, 0.15) is 47.6 Å². The van der Waals surface area contributed by atoms with Gasteiger partial charge >= 0.3 is 12.1 Å². The predicted molar refractivity (Wildman–Crippen MR) is 204 cm³/mol. The van der Waals surface area contributed by atoms with Crippen molar-refractivity contribution in [3.05, 3.63) is 104 Å². The summed E-state index contributed by atoms with van der Waals surface area (Å²) in [7, 11) is 0. The Morgan fingerprint density at radius 2 is 1.80 bits per heavy atom. The smallest absolute Gasteiger partial charge is 0.411 e. The minimum atomic E-state index is -1.86. The van der Waals surface area contributed by atoms with Crippen LogP contribution in [0.3, 0.4) is 0 Å². The molecular formula is C41H44F2N6O5S. The molecule has 4 aromatic rings. The second kappa shape index (κ2) is 15.8. The molecule has 0 spiro atoms. The second-order valence-corrected chi connectivity index (χ2v) is 16.0. The molecular weight excluding hydrogens is 727 g/mol. The van der Waals surface area contributed by atoms with Crippen molar-refractivity contribution in [1.82, 2.24) is 19.8 Å². The number of rotatable bonds is 10. The maximum Gasteiger partial charge on any atom is 0.411 e. The molecule has 14 heteroatoms. The average molecular weight is 771 g/mol. The number of ether oxygens (including phenoxy) is 2. The van der Waals surface area contributed by atoms with Crippen LogP contribution in [0.1, 0.15) is 79.3 Å². The second-order valence-electron chi connectivity index (χ2n) is 15.1. The number of aryl methyl sites for hydroxylation is 2. The van der Waals surface area contributed by atoms with E-state index in [0.29, 0.717) is 47.9 Å². The van der Waals surface area contributed by atoms with Gasteiger partial charge in [0.05, 0.1) is 28.9 Å². The summed E-state index contributed by atoms with van der Waals surface area (Å²) in [5.41, 5.74) is 1.76. The molecule has 2 aliphatic rings. The number of β-amino-alcohol motifs (C(OH)–C–C–N with tert-alkyl or cyclic N) is 1. The van der Waals surface area contributed by atoms with Crippen LogP contribution in [0.15, 0.2) is 65.1 Å². The van der Waals surface area contributed by atoms with Gasteiger partial charge in [0.25, 0.3) is 0 Å². The number of benzene rings is 3. The van der Waals surface area contributed by atoms with Gasteiger partial charge in [0.2, 0.25) is 0 Å². The number of nitrogens with zero attached hydrogens (tertiary/aromatic N) is 6. The number of amides is 1. The van der Waals surface area contributed by atoms with Crippen molar-refractivity contribution in [3.63, 3.8) is 0 Å². The number of hydrogen-bond acceptors (Lipinski definition) is 11. The highest BCUT2D eigenvalue weighted by molar-refractivity contribution is 7.10. The molecule has 1 saturated heterocycles. The zero-order chi connectivity index (χ0) is 39.7. The number of aliphatic hydroxyl groups is 1. The molecule has 1 aromatic heterocycles.